The summed E-state index contributed by atoms with van der Waals surface area (Å²) in [6.07, 6.45) is 0. The predicted octanol–water partition coefficient (Wildman–Crippen LogP) is 3.35. The van der Waals surface area contributed by atoms with Gasteiger partial charge in [-0.3, -0.25) is 0 Å². The number of halogens is 2. The van der Waals surface area contributed by atoms with E-state index in [2.05, 4.69) is 0 Å². The van der Waals surface area contributed by atoms with Crippen LogP contribution in [0.3, 0.4) is 0 Å². The van der Waals surface area contributed by atoms with Gasteiger partial charge < -0.3 is 4.74 Å². The lowest BCUT2D eigenvalue weighted by atomic mass is 10.1. The second-order valence-electron chi connectivity index (χ2n) is 2.62. The van der Waals surface area contributed by atoms with Gasteiger partial charge in [-0.1, -0.05) is 35.3 Å². The zero-order valence-electron chi connectivity index (χ0n) is 6.97. The van der Waals surface area contributed by atoms with Gasteiger partial charge in [0.1, 0.15) is 10.1 Å². The van der Waals surface area contributed by atoms with Crippen LogP contribution in [0.2, 0.25) is 0 Å². The summed E-state index contributed by atoms with van der Waals surface area (Å²) in [4.78, 5) is 0. The Labute approximate surface area is 82.2 Å². The molecule has 0 fully saturated rings. The molecule has 0 unspecified atom stereocenters. The molecule has 66 valence electrons. The number of hydrogen-bond donors (Lipinski definition) is 0. The highest BCUT2D eigenvalue weighted by Crippen LogP contribution is 2.33. The molecule has 0 aromatic heterocycles. The zero-order valence-corrected chi connectivity index (χ0v) is 8.49. The summed E-state index contributed by atoms with van der Waals surface area (Å²) >= 11 is 11.8. The van der Waals surface area contributed by atoms with Crippen LogP contribution in [-0.4, -0.2) is 7.11 Å². The maximum atomic E-state index is 5.88. The molecule has 0 spiro atoms. The molecular formula is C9H10Cl2O. The third kappa shape index (κ3) is 2.29. The van der Waals surface area contributed by atoms with E-state index in [0.29, 0.717) is 0 Å². The van der Waals surface area contributed by atoms with Crippen molar-refractivity contribution in [1.29, 1.82) is 0 Å². The maximum absolute atomic E-state index is 5.88. The smallest absolute Gasteiger partial charge is 0.140 e. The van der Waals surface area contributed by atoms with Crippen molar-refractivity contribution in [2.24, 2.45) is 0 Å². The first-order valence-corrected chi connectivity index (χ1v) is 4.32. The van der Waals surface area contributed by atoms with E-state index in [4.69, 9.17) is 27.9 Å². The summed E-state index contributed by atoms with van der Waals surface area (Å²) in [7, 11) is 1.62. The number of methoxy groups -OCH3 is 1. The van der Waals surface area contributed by atoms with Gasteiger partial charge in [0.15, 0.2) is 0 Å². The van der Waals surface area contributed by atoms with Crippen molar-refractivity contribution in [2.45, 2.75) is 11.3 Å². The van der Waals surface area contributed by atoms with Crippen LogP contribution in [0.1, 0.15) is 12.5 Å². The quantitative estimate of drug-likeness (QED) is 0.672. The molecule has 0 heterocycles. The normalized spacial score (nSPS) is 11.3. The molecule has 1 aromatic rings. The molecule has 0 atom stereocenters. The van der Waals surface area contributed by atoms with Gasteiger partial charge in [-0.15, -0.1) is 0 Å². The standard InChI is InChI=1S/C9H10Cl2O/c1-9(10,11)7-3-5-8(12-2)6-4-7/h3-6H,1-2H3. The third-order valence-corrected chi connectivity index (χ3v) is 2.03. The van der Waals surface area contributed by atoms with Gasteiger partial charge in [-0.05, 0) is 24.6 Å². The largest absolute Gasteiger partial charge is 0.497 e. The SMILES string of the molecule is COc1ccc(C(C)(Cl)Cl)cc1. The average Bonchev–Trinajstić information content (AvgIpc) is 2.03. The molecule has 0 bridgehead atoms. The van der Waals surface area contributed by atoms with E-state index in [9.17, 15) is 0 Å². The Morgan fingerprint density at radius 2 is 1.67 bits per heavy atom. The van der Waals surface area contributed by atoms with Crippen molar-refractivity contribution < 1.29 is 4.74 Å². The van der Waals surface area contributed by atoms with Crippen molar-refractivity contribution in [3.63, 3.8) is 0 Å². The number of hydrogen-bond acceptors (Lipinski definition) is 1. The second kappa shape index (κ2) is 3.55. The van der Waals surface area contributed by atoms with Crippen molar-refractivity contribution in [3.8, 4) is 5.75 Å². The lowest BCUT2D eigenvalue weighted by Gasteiger charge is -2.13. The third-order valence-electron chi connectivity index (χ3n) is 1.60. The number of rotatable bonds is 2. The molecule has 1 rings (SSSR count). The Kier molecular flexibility index (Phi) is 2.86. The highest BCUT2D eigenvalue weighted by atomic mass is 35.5. The Balaban J connectivity index is 2.93. The number of ether oxygens (including phenoxy) is 1. The van der Waals surface area contributed by atoms with E-state index in [1.165, 1.54) is 0 Å². The summed E-state index contributed by atoms with van der Waals surface area (Å²) in [5.74, 6) is 0.802. The first-order valence-electron chi connectivity index (χ1n) is 3.56. The Morgan fingerprint density at radius 3 is 2.00 bits per heavy atom. The van der Waals surface area contributed by atoms with E-state index in [-0.39, 0.29) is 0 Å². The molecule has 0 saturated heterocycles. The van der Waals surface area contributed by atoms with Crippen LogP contribution in [0.25, 0.3) is 0 Å². The Bertz CT molecular complexity index is 248. The molecule has 0 aliphatic carbocycles. The van der Waals surface area contributed by atoms with Gasteiger partial charge in [0.25, 0.3) is 0 Å². The van der Waals surface area contributed by atoms with Crippen LogP contribution in [0.15, 0.2) is 24.3 Å². The van der Waals surface area contributed by atoms with Crippen LogP contribution in [0.5, 0.6) is 5.75 Å². The maximum Gasteiger partial charge on any atom is 0.140 e. The summed E-state index contributed by atoms with van der Waals surface area (Å²) in [6, 6.07) is 7.36. The highest BCUT2D eigenvalue weighted by molar-refractivity contribution is 6.47. The van der Waals surface area contributed by atoms with Crippen molar-refractivity contribution >= 4 is 23.2 Å². The summed E-state index contributed by atoms with van der Waals surface area (Å²) < 4.78 is 4.17. The molecular weight excluding hydrogens is 195 g/mol. The molecule has 0 radical (unpaired) electrons. The van der Waals surface area contributed by atoms with Crippen LogP contribution >= 0.6 is 23.2 Å². The summed E-state index contributed by atoms with van der Waals surface area (Å²) in [5.41, 5.74) is 0.867. The van der Waals surface area contributed by atoms with Crippen LogP contribution in [0, 0.1) is 0 Å². The molecule has 0 N–H and O–H groups in total. The minimum absolute atomic E-state index is 0.802. The van der Waals surface area contributed by atoms with Crippen LogP contribution < -0.4 is 4.74 Å². The fourth-order valence-corrected chi connectivity index (χ4v) is 1.14. The first kappa shape index (κ1) is 9.69. The second-order valence-corrected chi connectivity index (χ2v) is 4.32. The fourth-order valence-electron chi connectivity index (χ4n) is 0.884. The highest BCUT2D eigenvalue weighted by Gasteiger charge is 2.18. The van der Waals surface area contributed by atoms with Gasteiger partial charge in [0.05, 0.1) is 7.11 Å². The Hall–Kier alpha value is -0.400. The minimum Gasteiger partial charge on any atom is -0.497 e. The molecule has 0 aliphatic rings. The van der Waals surface area contributed by atoms with E-state index in [0.717, 1.165) is 11.3 Å². The lowest BCUT2D eigenvalue weighted by molar-refractivity contribution is 0.414. The van der Waals surface area contributed by atoms with Crippen molar-refractivity contribution in [2.75, 3.05) is 7.11 Å². The number of alkyl halides is 2. The first-order chi connectivity index (χ1) is 5.54. The monoisotopic (exact) mass is 204 g/mol. The van der Waals surface area contributed by atoms with E-state index in [1.54, 1.807) is 14.0 Å². The van der Waals surface area contributed by atoms with Crippen LogP contribution in [-0.2, 0) is 4.33 Å². The van der Waals surface area contributed by atoms with Gasteiger partial charge in [0.2, 0.25) is 0 Å². The fraction of sp³-hybridized carbons (Fsp3) is 0.333. The summed E-state index contributed by atoms with van der Waals surface area (Å²) in [5, 5.41) is 0. The zero-order chi connectivity index (χ0) is 9.19. The summed E-state index contributed by atoms with van der Waals surface area (Å²) in [6.45, 7) is 1.73. The molecule has 0 aliphatic heterocycles. The average molecular weight is 205 g/mol. The lowest BCUT2D eigenvalue weighted by Crippen LogP contribution is -2.02. The molecule has 3 heteroatoms. The minimum atomic E-state index is -0.827. The van der Waals surface area contributed by atoms with Gasteiger partial charge >= 0.3 is 0 Å². The molecule has 0 amide bonds. The molecule has 1 aromatic carbocycles. The van der Waals surface area contributed by atoms with Gasteiger partial charge in [-0.25, -0.2) is 0 Å². The molecule has 12 heavy (non-hydrogen) atoms. The van der Waals surface area contributed by atoms with E-state index >= 15 is 0 Å². The van der Waals surface area contributed by atoms with Crippen molar-refractivity contribution in [1.82, 2.24) is 0 Å². The Morgan fingerprint density at radius 1 is 1.17 bits per heavy atom. The van der Waals surface area contributed by atoms with E-state index in [1.807, 2.05) is 24.3 Å². The van der Waals surface area contributed by atoms with Crippen LogP contribution in [0.4, 0.5) is 0 Å². The van der Waals surface area contributed by atoms with Crippen molar-refractivity contribution in [3.05, 3.63) is 29.8 Å². The predicted molar refractivity (Wildman–Crippen MR) is 52.1 cm³/mol. The topological polar surface area (TPSA) is 9.23 Å². The van der Waals surface area contributed by atoms with Gasteiger partial charge in [0, 0.05) is 0 Å². The molecule has 0 saturated carbocycles. The molecule has 1 nitrogen and oxygen atoms in total. The van der Waals surface area contributed by atoms with Gasteiger partial charge in [-0.2, -0.15) is 0 Å². The number of benzene rings is 1. The van der Waals surface area contributed by atoms with E-state index < -0.39 is 4.33 Å².